The Balaban J connectivity index is 1.92. The number of anilines is 1. The standard InChI is InChI=1S/C17H23N3O/c1-4-18-17-9-8-15(11-19-17)13-20(2)12-14-6-5-7-16(10-14)21-3/h5-11H,4,12-13H2,1-3H3,(H,18,19). The van der Waals surface area contributed by atoms with E-state index in [0.29, 0.717) is 0 Å². The Kier molecular flexibility index (Phi) is 5.58. The van der Waals surface area contributed by atoms with Gasteiger partial charge >= 0.3 is 0 Å². The van der Waals surface area contributed by atoms with E-state index in [2.05, 4.69) is 47.4 Å². The molecule has 4 heteroatoms. The van der Waals surface area contributed by atoms with Crippen LogP contribution in [0.15, 0.2) is 42.6 Å². The lowest BCUT2D eigenvalue weighted by molar-refractivity contribution is 0.318. The molecule has 1 aromatic carbocycles. The Morgan fingerprint density at radius 2 is 1.95 bits per heavy atom. The molecule has 0 fully saturated rings. The first-order chi connectivity index (χ1) is 10.2. The number of hydrogen-bond donors (Lipinski definition) is 1. The summed E-state index contributed by atoms with van der Waals surface area (Å²) in [7, 11) is 3.80. The minimum absolute atomic E-state index is 0.872. The second kappa shape index (κ2) is 7.64. The summed E-state index contributed by atoms with van der Waals surface area (Å²) in [5.74, 6) is 1.83. The summed E-state index contributed by atoms with van der Waals surface area (Å²) >= 11 is 0. The molecule has 0 unspecified atom stereocenters. The Bertz CT molecular complexity index is 554. The number of ether oxygens (including phenoxy) is 1. The van der Waals surface area contributed by atoms with Crippen LogP contribution in [0, 0.1) is 0 Å². The Labute approximate surface area is 126 Å². The summed E-state index contributed by atoms with van der Waals surface area (Å²) in [6, 6.07) is 12.3. The number of benzene rings is 1. The molecule has 21 heavy (non-hydrogen) atoms. The summed E-state index contributed by atoms with van der Waals surface area (Å²) in [6.45, 7) is 4.71. The molecule has 0 radical (unpaired) electrons. The first-order valence-electron chi connectivity index (χ1n) is 7.21. The number of aromatic nitrogens is 1. The lowest BCUT2D eigenvalue weighted by atomic mass is 10.2. The van der Waals surface area contributed by atoms with Crippen LogP contribution in [0.5, 0.6) is 5.75 Å². The molecule has 0 saturated heterocycles. The molecule has 0 spiro atoms. The van der Waals surface area contributed by atoms with E-state index in [9.17, 15) is 0 Å². The van der Waals surface area contributed by atoms with Crippen LogP contribution in [-0.2, 0) is 13.1 Å². The molecule has 0 amide bonds. The number of pyridine rings is 1. The molecule has 0 aliphatic rings. The summed E-state index contributed by atoms with van der Waals surface area (Å²) < 4.78 is 5.26. The fraction of sp³-hybridized carbons (Fsp3) is 0.353. The van der Waals surface area contributed by atoms with Crippen molar-refractivity contribution in [3.8, 4) is 5.75 Å². The van der Waals surface area contributed by atoms with Crippen molar-refractivity contribution in [3.63, 3.8) is 0 Å². The number of methoxy groups -OCH3 is 1. The van der Waals surface area contributed by atoms with Crippen LogP contribution in [-0.4, -0.2) is 30.6 Å². The van der Waals surface area contributed by atoms with Crippen molar-refractivity contribution < 1.29 is 4.74 Å². The highest BCUT2D eigenvalue weighted by Crippen LogP contribution is 2.15. The third-order valence-corrected chi connectivity index (χ3v) is 3.22. The minimum atomic E-state index is 0.872. The van der Waals surface area contributed by atoms with Gasteiger partial charge in [0.15, 0.2) is 0 Å². The van der Waals surface area contributed by atoms with Crippen molar-refractivity contribution in [1.29, 1.82) is 0 Å². The molecule has 0 aliphatic heterocycles. The minimum Gasteiger partial charge on any atom is -0.497 e. The largest absolute Gasteiger partial charge is 0.497 e. The molecule has 4 nitrogen and oxygen atoms in total. The van der Waals surface area contributed by atoms with Crippen LogP contribution in [0.25, 0.3) is 0 Å². The Hall–Kier alpha value is -2.07. The van der Waals surface area contributed by atoms with Gasteiger partial charge in [-0.3, -0.25) is 4.90 Å². The zero-order chi connectivity index (χ0) is 15.1. The summed E-state index contributed by atoms with van der Waals surface area (Å²) in [6.07, 6.45) is 1.93. The summed E-state index contributed by atoms with van der Waals surface area (Å²) in [4.78, 5) is 6.66. The second-order valence-corrected chi connectivity index (χ2v) is 5.11. The number of rotatable bonds is 7. The maximum absolute atomic E-state index is 5.26. The van der Waals surface area contributed by atoms with E-state index >= 15 is 0 Å². The lowest BCUT2D eigenvalue weighted by Gasteiger charge is -2.17. The maximum atomic E-state index is 5.26. The molecule has 0 saturated carbocycles. The van der Waals surface area contributed by atoms with Gasteiger partial charge in [-0.1, -0.05) is 18.2 Å². The summed E-state index contributed by atoms with van der Waals surface area (Å²) in [5, 5.41) is 3.20. The first kappa shape index (κ1) is 15.3. The van der Waals surface area contributed by atoms with E-state index in [1.165, 1.54) is 11.1 Å². The summed E-state index contributed by atoms with van der Waals surface area (Å²) in [5.41, 5.74) is 2.45. The van der Waals surface area contributed by atoms with E-state index in [-0.39, 0.29) is 0 Å². The third kappa shape index (κ3) is 4.76. The predicted molar refractivity (Wildman–Crippen MR) is 86.6 cm³/mol. The van der Waals surface area contributed by atoms with Crippen LogP contribution >= 0.6 is 0 Å². The Morgan fingerprint density at radius 1 is 1.14 bits per heavy atom. The lowest BCUT2D eigenvalue weighted by Crippen LogP contribution is -2.17. The van der Waals surface area contributed by atoms with E-state index < -0.39 is 0 Å². The van der Waals surface area contributed by atoms with Crippen LogP contribution in [0.4, 0.5) is 5.82 Å². The third-order valence-electron chi connectivity index (χ3n) is 3.22. The SMILES string of the molecule is CCNc1ccc(CN(C)Cc2cccc(OC)c2)cn1. The quantitative estimate of drug-likeness (QED) is 0.848. The fourth-order valence-electron chi connectivity index (χ4n) is 2.25. The second-order valence-electron chi connectivity index (χ2n) is 5.11. The predicted octanol–water partition coefficient (Wildman–Crippen LogP) is 3.15. The zero-order valence-electron chi connectivity index (χ0n) is 13.0. The van der Waals surface area contributed by atoms with Crippen LogP contribution in [0.1, 0.15) is 18.1 Å². The molecule has 0 atom stereocenters. The number of nitrogens with one attached hydrogen (secondary N) is 1. The Morgan fingerprint density at radius 3 is 2.62 bits per heavy atom. The number of hydrogen-bond acceptors (Lipinski definition) is 4. The van der Waals surface area contributed by atoms with Crippen molar-refractivity contribution in [3.05, 3.63) is 53.7 Å². The fourth-order valence-corrected chi connectivity index (χ4v) is 2.25. The number of nitrogens with zero attached hydrogens (tertiary/aromatic N) is 2. The molecule has 2 aromatic rings. The maximum Gasteiger partial charge on any atom is 0.125 e. The van der Waals surface area contributed by atoms with Gasteiger partial charge in [0.2, 0.25) is 0 Å². The van der Waals surface area contributed by atoms with Gasteiger partial charge in [0.25, 0.3) is 0 Å². The van der Waals surface area contributed by atoms with Gasteiger partial charge in [-0.15, -0.1) is 0 Å². The van der Waals surface area contributed by atoms with E-state index in [4.69, 9.17) is 4.74 Å². The van der Waals surface area contributed by atoms with Gasteiger partial charge in [0.1, 0.15) is 11.6 Å². The normalized spacial score (nSPS) is 10.7. The van der Waals surface area contributed by atoms with Gasteiger partial charge < -0.3 is 10.1 Å². The molecular weight excluding hydrogens is 262 g/mol. The van der Waals surface area contributed by atoms with Gasteiger partial charge in [0, 0.05) is 25.8 Å². The van der Waals surface area contributed by atoms with Crippen LogP contribution in [0.2, 0.25) is 0 Å². The van der Waals surface area contributed by atoms with Crippen molar-refractivity contribution in [2.45, 2.75) is 20.0 Å². The molecule has 1 N–H and O–H groups in total. The van der Waals surface area contributed by atoms with E-state index in [1.54, 1.807) is 7.11 Å². The van der Waals surface area contributed by atoms with Gasteiger partial charge in [0.05, 0.1) is 7.11 Å². The highest BCUT2D eigenvalue weighted by Gasteiger charge is 2.04. The topological polar surface area (TPSA) is 37.4 Å². The van der Waals surface area contributed by atoms with E-state index in [0.717, 1.165) is 31.2 Å². The monoisotopic (exact) mass is 285 g/mol. The van der Waals surface area contributed by atoms with Crippen molar-refractivity contribution >= 4 is 5.82 Å². The van der Waals surface area contributed by atoms with Crippen molar-refractivity contribution in [2.75, 3.05) is 26.0 Å². The molecule has 0 bridgehead atoms. The smallest absolute Gasteiger partial charge is 0.125 e. The molecular formula is C17H23N3O. The van der Waals surface area contributed by atoms with Crippen molar-refractivity contribution in [2.24, 2.45) is 0 Å². The van der Waals surface area contributed by atoms with Crippen molar-refractivity contribution in [1.82, 2.24) is 9.88 Å². The molecule has 1 heterocycles. The molecule has 1 aromatic heterocycles. The van der Waals surface area contributed by atoms with E-state index in [1.807, 2.05) is 24.4 Å². The average molecular weight is 285 g/mol. The van der Waals surface area contributed by atoms with Gasteiger partial charge in [-0.2, -0.15) is 0 Å². The molecule has 0 aliphatic carbocycles. The highest BCUT2D eigenvalue weighted by atomic mass is 16.5. The van der Waals surface area contributed by atoms with Gasteiger partial charge in [-0.25, -0.2) is 4.98 Å². The highest BCUT2D eigenvalue weighted by molar-refractivity contribution is 5.35. The van der Waals surface area contributed by atoms with Crippen LogP contribution < -0.4 is 10.1 Å². The zero-order valence-corrected chi connectivity index (χ0v) is 13.0. The average Bonchev–Trinajstić information content (AvgIpc) is 2.49. The van der Waals surface area contributed by atoms with Crippen LogP contribution in [0.3, 0.4) is 0 Å². The van der Waals surface area contributed by atoms with Gasteiger partial charge in [-0.05, 0) is 43.3 Å². The first-order valence-corrected chi connectivity index (χ1v) is 7.21. The molecule has 2 rings (SSSR count). The molecule has 112 valence electrons.